The lowest BCUT2D eigenvalue weighted by molar-refractivity contribution is 0.960. The first kappa shape index (κ1) is 12.5. The molecule has 2 aromatic rings. The maximum atomic E-state index is 6.20. The van der Waals surface area contributed by atoms with Gasteiger partial charge in [-0.2, -0.15) is 0 Å². The van der Waals surface area contributed by atoms with E-state index in [9.17, 15) is 0 Å². The molecule has 0 aromatic heterocycles. The highest BCUT2D eigenvalue weighted by atomic mass is 35.5. The van der Waals surface area contributed by atoms with E-state index in [0.717, 1.165) is 22.9 Å². The van der Waals surface area contributed by atoms with Crippen molar-refractivity contribution in [3.05, 3.63) is 69.2 Å². The zero-order chi connectivity index (χ0) is 12.3. The van der Waals surface area contributed by atoms with E-state index in [1.807, 2.05) is 31.2 Å². The third-order valence-electron chi connectivity index (χ3n) is 2.83. The summed E-state index contributed by atoms with van der Waals surface area (Å²) >= 11 is 12.3. The summed E-state index contributed by atoms with van der Waals surface area (Å²) in [5, 5.41) is 1.67. The van der Waals surface area contributed by atoms with Crippen LogP contribution in [0.1, 0.15) is 16.7 Å². The number of hydrogen-bond acceptors (Lipinski definition) is 0. The van der Waals surface area contributed by atoms with Crippen molar-refractivity contribution >= 4 is 23.2 Å². The second-order valence-corrected chi connectivity index (χ2v) is 5.00. The van der Waals surface area contributed by atoms with Crippen molar-refractivity contribution in [1.29, 1.82) is 0 Å². The van der Waals surface area contributed by atoms with Gasteiger partial charge in [0.2, 0.25) is 0 Å². The van der Waals surface area contributed by atoms with Gasteiger partial charge in [-0.3, -0.25) is 0 Å². The van der Waals surface area contributed by atoms with Gasteiger partial charge in [-0.15, -0.1) is 0 Å². The number of hydrogen-bond donors (Lipinski definition) is 0. The fourth-order valence-electron chi connectivity index (χ4n) is 1.83. The molecule has 0 aliphatic carbocycles. The van der Waals surface area contributed by atoms with E-state index in [2.05, 4.69) is 18.2 Å². The maximum absolute atomic E-state index is 6.20. The summed E-state index contributed by atoms with van der Waals surface area (Å²) < 4.78 is 0. The standard InChI is InChI=1S/C15H14Cl2/c1-11-6-7-13(15(17)10-11)9-8-12-4-2-3-5-14(12)16/h2-7,10H,8-9H2,1H3. The minimum atomic E-state index is 0.829. The van der Waals surface area contributed by atoms with Crippen LogP contribution in [0.25, 0.3) is 0 Å². The van der Waals surface area contributed by atoms with Gasteiger partial charge in [-0.1, -0.05) is 53.5 Å². The minimum absolute atomic E-state index is 0.829. The van der Waals surface area contributed by atoms with Gasteiger partial charge in [-0.25, -0.2) is 0 Å². The number of benzene rings is 2. The van der Waals surface area contributed by atoms with Crippen LogP contribution >= 0.6 is 23.2 Å². The Morgan fingerprint density at radius 2 is 1.47 bits per heavy atom. The van der Waals surface area contributed by atoms with Crippen molar-refractivity contribution in [3.8, 4) is 0 Å². The largest absolute Gasteiger partial charge is 0.0840 e. The Morgan fingerprint density at radius 3 is 2.12 bits per heavy atom. The summed E-state index contributed by atoms with van der Waals surface area (Å²) in [7, 11) is 0. The van der Waals surface area contributed by atoms with Crippen LogP contribution in [-0.2, 0) is 12.8 Å². The SMILES string of the molecule is Cc1ccc(CCc2ccccc2Cl)c(Cl)c1. The van der Waals surface area contributed by atoms with Crippen LogP contribution in [-0.4, -0.2) is 0 Å². The predicted molar refractivity (Wildman–Crippen MR) is 75.0 cm³/mol. The van der Waals surface area contributed by atoms with Gasteiger partial charge in [-0.05, 0) is 48.6 Å². The first-order chi connectivity index (χ1) is 8.16. The lowest BCUT2D eigenvalue weighted by Crippen LogP contribution is -1.93. The van der Waals surface area contributed by atoms with Crippen molar-refractivity contribution in [1.82, 2.24) is 0 Å². The Kier molecular flexibility index (Phi) is 4.09. The number of rotatable bonds is 3. The molecule has 2 aromatic carbocycles. The Bertz CT molecular complexity index is 518. The molecule has 0 spiro atoms. The average Bonchev–Trinajstić information content (AvgIpc) is 2.30. The smallest absolute Gasteiger partial charge is 0.0440 e. The second kappa shape index (κ2) is 5.57. The molecule has 2 heteroatoms. The Labute approximate surface area is 112 Å². The Hall–Kier alpha value is -0.980. The van der Waals surface area contributed by atoms with E-state index in [4.69, 9.17) is 23.2 Å². The van der Waals surface area contributed by atoms with Crippen LogP contribution < -0.4 is 0 Å². The van der Waals surface area contributed by atoms with E-state index in [1.54, 1.807) is 0 Å². The van der Waals surface area contributed by atoms with Crippen LogP contribution in [0.3, 0.4) is 0 Å². The van der Waals surface area contributed by atoms with Crippen molar-refractivity contribution < 1.29 is 0 Å². The molecule has 0 amide bonds. The molecular formula is C15H14Cl2. The maximum Gasteiger partial charge on any atom is 0.0440 e. The third-order valence-corrected chi connectivity index (χ3v) is 3.55. The molecule has 17 heavy (non-hydrogen) atoms. The van der Waals surface area contributed by atoms with Gasteiger partial charge in [0.1, 0.15) is 0 Å². The van der Waals surface area contributed by atoms with Gasteiger partial charge in [0.25, 0.3) is 0 Å². The summed E-state index contributed by atoms with van der Waals surface area (Å²) in [5.41, 5.74) is 3.54. The molecule has 0 aliphatic heterocycles. The van der Waals surface area contributed by atoms with Crippen LogP contribution in [0.2, 0.25) is 10.0 Å². The van der Waals surface area contributed by atoms with E-state index in [-0.39, 0.29) is 0 Å². The molecule has 88 valence electrons. The predicted octanol–water partition coefficient (Wildman–Crippen LogP) is 5.09. The van der Waals surface area contributed by atoms with Crippen molar-refractivity contribution in [2.45, 2.75) is 19.8 Å². The Morgan fingerprint density at radius 1 is 0.824 bits per heavy atom. The highest BCUT2D eigenvalue weighted by Gasteiger charge is 2.03. The van der Waals surface area contributed by atoms with Crippen molar-refractivity contribution in [2.24, 2.45) is 0 Å². The molecule has 0 fully saturated rings. The van der Waals surface area contributed by atoms with Crippen molar-refractivity contribution in [2.75, 3.05) is 0 Å². The summed E-state index contributed by atoms with van der Waals surface area (Å²) in [6, 6.07) is 14.1. The van der Waals surface area contributed by atoms with Gasteiger partial charge in [0.05, 0.1) is 0 Å². The van der Waals surface area contributed by atoms with E-state index < -0.39 is 0 Å². The second-order valence-electron chi connectivity index (χ2n) is 4.19. The number of halogens is 2. The fraction of sp³-hybridized carbons (Fsp3) is 0.200. The monoisotopic (exact) mass is 264 g/mol. The molecule has 0 N–H and O–H groups in total. The molecular weight excluding hydrogens is 251 g/mol. The fourth-order valence-corrected chi connectivity index (χ4v) is 2.39. The van der Waals surface area contributed by atoms with Crippen molar-refractivity contribution in [3.63, 3.8) is 0 Å². The Balaban J connectivity index is 2.10. The van der Waals surface area contributed by atoms with E-state index >= 15 is 0 Å². The lowest BCUT2D eigenvalue weighted by Gasteiger charge is -2.06. The molecule has 0 saturated heterocycles. The molecule has 0 saturated carbocycles. The first-order valence-electron chi connectivity index (χ1n) is 5.65. The topological polar surface area (TPSA) is 0 Å². The summed E-state index contributed by atoms with van der Waals surface area (Å²) in [4.78, 5) is 0. The molecule has 0 nitrogen and oxygen atoms in total. The molecule has 0 radical (unpaired) electrons. The quantitative estimate of drug-likeness (QED) is 0.725. The average molecular weight is 265 g/mol. The highest BCUT2D eigenvalue weighted by Crippen LogP contribution is 2.22. The minimum Gasteiger partial charge on any atom is -0.0840 e. The van der Waals surface area contributed by atoms with Gasteiger partial charge >= 0.3 is 0 Å². The van der Waals surface area contributed by atoms with Crippen LogP contribution in [0, 0.1) is 6.92 Å². The summed E-state index contributed by atoms with van der Waals surface area (Å²) in [6.07, 6.45) is 1.84. The van der Waals surface area contributed by atoms with Crippen LogP contribution in [0.5, 0.6) is 0 Å². The molecule has 0 aliphatic rings. The summed E-state index contributed by atoms with van der Waals surface area (Å²) in [5.74, 6) is 0. The zero-order valence-corrected chi connectivity index (χ0v) is 11.2. The summed E-state index contributed by atoms with van der Waals surface area (Å²) in [6.45, 7) is 2.05. The van der Waals surface area contributed by atoms with Gasteiger partial charge in [0, 0.05) is 10.0 Å². The van der Waals surface area contributed by atoms with Gasteiger partial charge in [0.15, 0.2) is 0 Å². The molecule has 0 heterocycles. The molecule has 2 rings (SSSR count). The molecule has 0 unspecified atom stereocenters. The van der Waals surface area contributed by atoms with E-state index in [0.29, 0.717) is 0 Å². The lowest BCUT2D eigenvalue weighted by atomic mass is 10.0. The highest BCUT2D eigenvalue weighted by molar-refractivity contribution is 6.31. The number of aryl methyl sites for hydroxylation is 3. The molecule has 0 atom stereocenters. The van der Waals surface area contributed by atoms with Crippen LogP contribution in [0.4, 0.5) is 0 Å². The van der Waals surface area contributed by atoms with Crippen LogP contribution in [0.15, 0.2) is 42.5 Å². The van der Waals surface area contributed by atoms with Gasteiger partial charge < -0.3 is 0 Å². The zero-order valence-electron chi connectivity index (χ0n) is 9.71. The first-order valence-corrected chi connectivity index (χ1v) is 6.41. The molecule has 0 bridgehead atoms. The third kappa shape index (κ3) is 3.24. The van der Waals surface area contributed by atoms with E-state index in [1.165, 1.54) is 16.7 Å². The normalized spacial score (nSPS) is 10.5.